The molecule has 5 heteroatoms. The number of H-pyrrole nitrogens is 1. The van der Waals surface area contributed by atoms with E-state index in [2.05, 4.69) is 55.4 Å². The number of aromatic amines is 1. The summed E-state index contributed by atoms with van der Waals surface area (Å²) >= 11 is 3.64. The van der Waals surface area contributed by atoms with Crippen LogP contribution in [-0.2, 0) is 0 Å². The predicted octanol–water partition coefficient (Wildman–Crippen LogP) is 5.29. The SMILES string of the molecule is Brn1c2ccc3nc(c4nc(ccc5ccc([nH]5)c1cc2)C=C4)C=C3. The molecular weight excluding hydrogens is 376 g/mol. The van der Waals surface area contributed by atoms with E-state index in [0.717, 1.165) is 44.8 Å². The molecule has 0 unspecified atom stereocenters. The Kier molecular flexibility index (Phi) is 3.21. The first-order valence-corrected chi connectivity index (χ1v) is 8.68. The van der Waals surface area contributed by atoms with Crippen molar-refractivity contribution in [2.24, 2.45) is 0 Å². The van der Waals surface area contributed by atoms with Gasteiger partial charge in [0.25, 0.3) is 0 Å². The van der Waals surface area contributed by atoms with Crippen LogP contribution >= 0.6 is 16.1 Å². The molecule has 0 aromatic carbocycles. The van der Waals surface area contributed by atoms with Crippen LogP contribution in [0.5, 0.6) is 0 Å². The van der Waals surface area contributed by atoms with Crippen molar-refractivity contribution in [1.82, 2.24) is 18.5 Å². The lowest BCUT2D eigenvalue weighted by atomic mass is 10.3. The van der Waals surface area contributed by atoms with E-state index in [1.54, 1.807) is 0 Å². The van der Waals surface area contributed by atoms with E-state index in [4.69, 9.17) is 0 Å². The van der Waals surface area contributed by atoms with Crippen LogP contribution < -0.4 is 0 Å². The van der Waals surface area contributed by atoms with Crippen LogP contribution in [0.3, 0.4) is 0 Å². The van der Waals surface area contributed by atoms with Crippen LogP contribution in [0.25, 0.3) is 46.4 Å². The monoisotopic (exact) mass is 388 g/mol. The Bertz CT molecular complexity index is 1210. The first-order chi connectivity index (χ1) is 12.3. The molecule has 3 aromatic heterocycles. The lowest BCUT2D eigenvalue weighted by molar-refractivity contribution is 1.23. The molecule has 120 valence electrons. The van der Waals surface area contributed by atoms with E-state index in [0.29, 0.717) is 0 Å². The second kappa shape index (κ2) is 5.57. The summed E-state index contributed by atoms with van der Waals surface area (Å²) in [6.07, 6.45) is 8.02. The fourth-order valence-electron chi connectivity index (χ4n) is 2.98. The number of nitrogens with zero attached hydrogens (tertiary/aromatic N) is 3. The lowest BCUT2D eigenvalue weighted by Crippen LogP contribution is -1.81. The molecule has 2 aliphatic heterocycles. The molecule has 0 spiro atoms. The van der Waals surface area contributed by atoms with Gasteiger partial charge >= 0.3 is 0 Å². The van der Waals surface area contributed by atoms with Crippen LogP contribution in [0.4, 0.5) is 0 Å². The minimum absolute atomic E-state index is 0.892. The Morgan fingerprint density at radius 2 is 1.36 bits per heavy atom. The Hall–Kier alpha value is -2.92. The average molecular weight is 389 g/mol. The van der Waals surface area contributed by atoms with Crippen LogP contribution in [0.2, 0.25) is 0 Å². The Morgan fingerprint density at radius 3 is 2.12 bits per heavy atom. The summed E-state index contributed by atoms with van der Waals surface area (Å²) in [6.45, 7) is 0. The minimum atomic E-state index is 0.892. The van der Waals surface area contributed by atoms with E-state index in [1.165, 1.54) is 0 Å². The molecule has 0 atom stereocenters. The fraction of sp³-hybridized carbons (Fsp3) is 0. The molecule has 0 saturated carbocycles. The summed E-state index contributed by atoms with van der Waals surface area (Å²) in [5.74, 6) is 0. The highest BCUT2D eigenvalue weighted by Gasteiger charge is 2.06. The lowest BCUT2D eigenvalue weighted by Gasteiger charge is -1.93. The van der Waals surface area contributed by atoms with Crippen molar-refractivity contribution >= 4 is 62.5 Å². The molecule has 0 saturated heterocycles. The highest BCUT2D eigenvalue weighted by atomic mass is 79.9. The van der Waals surface area contributed by atoms with Gasteiger partial charge in [0.15, 0.2) is 0 Å². The highest BCUT2D eigenvalue weighted by Crippen LogP contribution is 2.21. The van der Waals surface area contributed by atoms with Gasteiger partial charge in [-0.2, -0.15) is 0 Å². The van der Waals surface area contributed by atoms with E-state index in [-0.39, 0.29) is 0 Å². The molecule has 4 nitrogen and oxygen atoms in total. The Morgan fingerprint density at radius 1 is 0.720 bits per heavy atom. The molecule has 2 aliphatic rings. The van der Waals surface area contributed by atoms with Crippen molar-refractivity contribution in [2.45, 2.75) is 0 Å². The molecular formula is C20H13BrN4. The summed E-state index contributed by atoms with van der Waals surface area (Å²) in [7, 11) is 0. The first kappa shape index (κ1) is 14.4. The van der Waals surface area contributed by atoms with Gasteiger partial charge in [-0.05, 0) is 72.8 Å². The fourth-order valence-corrected chi connectivity index (χ4v) is 3.53. The van der Waals surface area contributed by atoms with Crippen molar-refractivity contribution in [3.05, 3.63) is 71.3 Å². The Labute approximate surface area is 152 Å². The van der Waals surface area contributed by atoms with Gasteiger partial charge in [0.2, 0.25) is 0 Å². The number of rotatable bonds is 0. The number of hydrogen-bond donors (Lipinski definition) is 1. The summed E-state index contributed by atoms with van der Waals surface area (Å²) < 4.78 is 1.99. The summed E-state index contributed by atoms with van der Waals surface area (Å²) in [6, 6.07) is 16.4. The third kappa shape index (κ3) is 2.53. The number of nitrogens with one attached hydrogen (secondary N) is 1. The van der Waals surface area contributed by atoms with Crippen molar-refractivity contribution < 1.29 is 0 Å². The van der Waals surface area contributed by atoms with E-state index < -0.39 is 0 Å². The maximum atomic E-state index is 4.65. The first-order valence-electron chi connectivity index (χ1n) is 7.97. The smallest absolute Gasteiger partial charge is 0.0894 e. The number of hydrogen-bond acceptors (Lipinski definition) is 2. The second-order valence-corrected chi connectivity index (χ2v) is 6.64. The zero-order chi connectivity index (χ0) is 16.8. The van der Waals surface area contributed by atoms with Crippen LogP contribution in [-0.4, -0.2) is 18.5 Å². The molecule has 0 fully saturated rings. The van der Waals surface area contributed by atoms with E-state index >= 15 is 0 Å². The zero-order valence-electron chi connectivity index (χ0n) is 13.1. The standard InChI is InChI=1S/C20H13BrN4/c21-25-16-7-3-15-5-10-18(23-15)17-9-4-13(22-17)1-2-14-6-11-19(24-14)20(25)12-8-16/h1-12,24H. The molecule has 8 bridgehead atoms. The zero-order valence-corrected chi connectivity index (χ0v) is 14.7. The van der Waals surface area contributed by atoms with Crippen molar-refractivity contribution in [3.8, 4) is 0 Å². The number of halogens is 1. The molecule has 0 radical (unpaired) electrons. The van der Waals surface area contributed by atoms with Crippen LogP contribution in [0.1, 0.15) is 22.8 Å². The van der Waals surface area contributed by atoms with Gasteiger partial charge in [-0.3, -0.25) is 3.59 Å². The molecule has 25 heavy (non-hydrogen) atoms. The number of fused-ring (bicyclic) bond motifs is 10. The van der Waals surface area contributed by atoms with Crippen molar-refractivity contribution in [1.29, 1.82) is 0 Å². The summed E-state index contributed by atoms with van der Waals surface area (Å²) in [5.41, 5.74) is 7.82. The average Bonchev–Trinajstić information content (AvgIpc) is 3.37. The molecule has 0 aliphatic carbocycles. The molecule has 1 N–H and O–H groups in total. The maximum Gasteiger partial charge on any atom is 0.0894 e. The second-order valence-electron chi connectivity index (χ2n) is 5.93. The summed E-state index contributed by atoms with van der Waals surface area (Å²) in [5, 5.41) is 0. The van der Waals surface area contributed by atoms with Gasteiger partial charge in [-0.1, -0.05) is 0 Å². The van der Waals surface area contributed by atoms with E-state index in [9.17, 15) is 0 Å². The maximum absolute atomic E-state index is 4.65. The third-order valence-electron chi connectivity index (χ3n) is 4.28. The van der Waals surface area contributed by atoms with Gasteiger partial charge < -0.3 is 4.98 Å². The van der Waals surface area contributed by atoms with Crippen LogP contribution in [0.15, 0.2) is 48.5 Å². The Balaban J connectivity index is 1.88. The van der Waals surface area contributed by atoms with E-state index in [1.807, 2.05) is 52.2 Å². The molecule has 5 heterocycles. The van der Waals surface area contributed by atoms with Crippen molar-refractivity contribution in [3.63, 3.8) is 0 Å². The number of aromatic nitrogens is 4. The van der Waals surface area contributed by atoms with Crippen molar-refractivity contribution in [2.75, 3.05) is 0 Å². The van der Waals surface area contributed by atoms with Gasteiger partial charge in [0, 0.05) is 5.52 Å². The van der Waals surface area contributed by atoms with Gasteiger partial charge in [0.1, 0.15) is 0 Å². The topological polar surface area (TPSA) is 46.5 Å². The molecule has 0 amide bonds. The predicted molar refractivity (Wildman–Crippen MR) is 107 cm³/mol. The third-order valence-corrected chi connectivity index (χ3v) is 5.07. The molecule has 3 aromatic rings. The van der Waals surface area contributed by atoms with Gasteiger partial charge in [-0.15, -0.1) is 0 Å². The normalized spacial score (nSPS) is 12.7. The molecule has 5 rings (SSSR count). The summed E-state index contributed by atoms with van der Waals surface area (Å²) in [4.78, 5) is 12.7. The van der Waals surface area contributed by atoms with Crippen LogP contribution in [0, 0.1) is 0 Å². The largest absolute Gasteiger partial charge is 0.354 e. The minimum Gasteiger partial charge on any atom is -0.354 e. The highest BCUT2D eigenvalue weighted by molar-refractivity contribution is 9.08. The quantitative estimate of drug-likeness (QED) is 0.391. The van der Waals surface area contributed by atoms with Gasteiger partial charge in [-0.25, -0.2) is 9.97 Å². The van der Waals surface area contributed by atoms with Gasteiger partial charge in [0.05, 0.1) is 55.5 Å².